The van der Waals surface area contributed by atoms with Gasteiger partial charge in [-0.3, -0.25) is 4.79 Å². The molecule has 0 radical (unpaired) electrons. The number of amides is 1. The van der Waals surface area contributed by atoms with Gasteiger partial charge in [-0.05, 0) is 29.5 Å². The van der Waals surface area contributed by atoms with E-state index in [4.69, 9.17) is 0 Å². The molecule has 1 N–H and O–H groups in total. The maximum absolute atomic E-state index is 12.7. The second-order valence-electron chi connectivity index (χ2n) is 6.83. The van der Waals surface area contributed by atoms with E-state index in [1.807, 2.05) is 42.5 Å². The van der Waals surface area contributed by atoms with Crippen LogP contribution >= 0.6 is 0 Å². The number of carbonyl (C=O) groups is 1. The summed E-state index contributed by atoms with van der Waals surface area (Å²) in [6.45, 7) is 2.73. The average molecular weight is 357 g/mol. The van der Waals surface area contributed by atoms with Crippen LogP contribution in [0.5, 0.6) is 0 Å². The highest BCUT2D eigenvalue weighted by molar-refractivity contribution is 5.83. The van der Waals surface area contributed by atoms with Crippen LogP contribution in [0.4, 0.5) is 0 Å². The molecular formula is C25H27NO. The molecule has 0 aliphatic heterocycles. The molecule has 0 bridgehead atoms. The van der Waals surface area contributed by atoms with Crippen LogP contribution in [0.2, 0.25) is 0 Å². The van der Waals surface area contributed by atoms with E-state index < -0.39 is 0 Å². The lowest BCUT2D eigenvalue weighted by Crippen LogP contribution is -2.30. The Morgan fingerprint density at radius 3 is 1.63 bits per heavy atom. The number of rotatable bonds is 8. The van der Waals surface area contributed by atoms with Crippen LogP contribution in [0, 0.1) is 0 Å². The zero-order valence-corrected chi connectivity index (χ0v) is 15.8. The van der Waals surface area contributed by atoms with Crippen molar-refractivity contribution in [2.45, 2.75) is 31.6 Å². The van der Waals surface area contributed by atoms with Crippen molar-refractivity contribution >= 4 is 5.91 Å². The minimum Gasteiger partial charge on any atom is -0.356 e. The van der Waals surface area contributed by atoms with E-state index in [1.165, 1.54) is 11.1 Å². The SMILES string of the molecule is CC[C@@H](C(=O)NCCC(c1ccccc1)c1ccccc1)c1ccccc1. The molecule has 2 heteroatoms. The fraction of sp³-hybridized carbons (Fsp3) is 0.240. The van der Waals surface area contributed by atoms with Gasteiger partial charge in [-0.1, -0.05) is 97.9 Å². The fourth-order valence-electron chi connectivity index (χ4n) is 3.62. The molecule has 0 heterocycles. The molecule has 0 fully saturated rings. The molecule has 3 rings (SSSR count). The van der Waals surface area contributed by atoms with Crippen molar-refractivity contribution in [1.29, 1.82) is 0 Å². The molecule has 0 spiro atoms. The Balaban J connectivity index is 1.66. The van der Waals surface area contributed by atoms with Crippen LogP contribution < -0.4 is 5.32 Å². The molecule has 2 nitrogen and oxygen atoms in total. The summed E-state index contributed by atoms with van der Waals surface area (Å²) in [4.78, 5) is 12.7. The van der Waals surface area contributed by atoms with E-state index in [0.29, 0.717) is 6.54 Å². The molecule has 0 saturated carbocycles. The molecule has 0 aliphatic carbocycles. The van der Waals surface area contributed by atoms with E-state index >= 15 is 0 Å². The average Bonchev–Trinajstić information content (AvgIpc) is 2.74. The number of carbonyl (C=O) groups excluding carboxylic acids is 1. The zero-order chi connectivity index (χ0) is 18.9. The largest absolute Gasteiger partial charge is 0.356 e. The minimum atomic E-state index is -0.0851. The summed E-state index contributed by atoms with van der Waals surface area (Å²) in [6.07, 6.45) is 1.68. The normalized spacial score (nSPS) is 11.9. The Morgan fingerprint density at radius 2 is 1.19 bits per heavy atom. The lowest BCUT2D eigenvalue weighted by Gasteiger charge is -2.20. The molecular weight excluding hydrogens is 330 g/mol. The second kappa shape index (κ2) is 9.72. The predicted octanol–water partition coefficient (Wildman–Crippen LogP) is 5.52. The van der Waals surface area contributed by atoms with Gasteiger partial charge in [0.25, 0.3) is 0 Å². The topological polar surface area (TPSA) is 29.1 Å². The highest BCUT2D eigenvalue weighted by Gasteiger charge is 2.19. The van der Waals surface area contributed by atoms with Gasteiger partial charge in [-0.25, -0.2) is 0 Å². The highest BCUT2D eigenvalue weighted by atomic mass is 16.1. The summed E-state index contributed by atoms with van der Waals surface area (Å²) in [7, 11) is 0. The molecule has 0 aliphatic rings. The Morgan fingerprint density at radius 1 is 0.741 bits per heavy atom. The van der Waals surface area contributed by atoms with Gasteiger partial charge in [0.15, 0.2) is 0 Å². The van der Waals surface area contributed by atoms with E-state index in [9.17, 15) is 4.79 Å². The first-order valence-corrected chi connectivity index (χ1v) is 9.72. The van der Waals surface area contributed by atoms with E-state index in [0.717, 1.165) is 18.4 Å². The van der Waals surface area contributed by atoms with Crippen LogP contribution in [0.15, 0.2) is 91.0 Å². The fourth-order valence-corrected chi connectivity index (χ4v) is 3.62. The third kappa shape index (κ3) is 5.07. The van der Waals surface area contributed by atoms with Crippen LogP contribution in [-0.4, -0.2) is 12.5 Å². The zero-order valence-electron chi connectivity index (χ0n) is 15.8. The second-order valence-corrected chi connectivity index (χ2v) is 6.83. The van der Waals surface area contributed by atoms with Crippen molar-refractivity contribution in [3.8, 4) is 0 Å². The van der Waals surface area contributed by atoms with Crippen molar-refractivity contribution in [2.24, 2.45) is 0 Å². The molecule has 27 heavy (non-hydrogen) atoms. The Labute approximate surface area is 162 Å². The summed E-state index contributed by atoms with van der Waals surface area (Å²) in [6, 6.07) is 31.1. The summed E-state index contributed by atoms with van der Waals surface area (Å²) in [5.41, 5.74) is 3.65. The lowest BCUT2D eigenvalue weighted by molar-refractivity contribution is -0.122. The Bertz CT molecular complexity index is 775. The maximum Gasteiger partial charge on any atom is 0.227 e. The standard InChI is InChI=1S/C25H27NO/c1-2-23(20-12-6-3-7-13-20)25(27)26-19-18-24(21-14-8-4-9-15-21)22-16-10-5-11-17-22/h3-17,23-24H,2,18-19H2,1H3,(H,26,27)/t23-/m1/s1. The van der Waals surface area contributed by atoms with E-state index in [1.54, 1.807) is 0 Å². The third-order valence-electron chi connectivity index (χ3n) is 5.06. The Hall–Kier alpha value is -2.87. The van der Waals surface area contributed by atoms with Gasteiger partial charge in [0.05, 0.1) is 5.92 Å². The van der Waals surface area contributed by atoms with Gasteiger partial charge in [-0.2, -0.15) is 0 Å². The van der Waals surface area contributed by atoms with Gasteiger partial charge in [0.1, 0.15) is 0 Å². The molecule has 1 amide bonds. The van der Waals surface area contributed by atoms with Gasteiger partial charge >= 0.3 is 0 Å². The van der Waals surface area contributed by atoms with Crippen molar-refractivity contribution in [3.05, 3.63) is 108 Å². The molecule has 138 valence electrons. The van der Waals surface area contributed by atoms with Gasteiger partial charge in [0, 0.05) is 12.5 Å². The number of hydrogen-bond acceptors (Lipinski definition) is 1. The van der Waals surface area contributed by atoms with E-state index in [2.05, 4.69) is 60.8 Å². The summed E-state index contributed by atoms with van der Waals surface area (Å²) in [5.74, 6) is 0.311. The first-order valence-electron chi connectivity index (χ1n) is 9.72. The smallest absolute Gasteiger partial charge is 0.227 e. The molecule has 3 aromatic rings. The number of hydrogen-bond donors (Lipinski definition) is 1. The quantitative estimate of drug-likeness (QED) is 0.565. The van der Waals surface area contributed by atoms with Crippen molar-refractivity contribution < 1.29 is 4.79 Å². The van der Waals surface area contributed by atoms with Crippen molar-refractivity contribution in [3.63, 3.8) is 0 Å². The predicted molar refractivity (Wildman–Crippen MR) is 112 cm³/mol. The molecule has 0 aromatic heterocycles. The Kier molecular flexibility index (Phi) is 6.81. The summed E-state index contributed by atoms with van der Waals surface area (Å²) >= 11 is 0. The minimum absolute atomic E-state index is 0.0851. The molecule has 1 atom stereocenters. The highest BCUT2D eigenvalue weighted by Crippen LogP contribution is 2.27. The summed E-state index contributed by atoms with van der Waals surface area (Å²) < 4.78 is 0. The van der Waals surface area contributed by atoms with Crippen molar-refractivity contribution in [1.82, 2.24) is 5.32 Å². The van der Waals surface area contributed by atoms with E-state index in [-0.39, 0.29) is 17.7 Å². The number of benzene rings is 3. The maximum atomic E-state index is 12.7. The first-order chi connectivity index (χ1) is 13.3. The molecule has 0 saturated heterocycles. The lowest BCUT2D eigenvalue weighted by atomic mass is 9.88. The van der Waals surface area contributed by atoms with Crippen LogP contribution in [0.1, 0.15) is 48.3 Å². The molecule has 0 unspecified atom stereocenters. The first kappa shape index (κ1) is 18.9. The van der Waals surface area contributed by atoms with Gasteiger partial charge < -0.3 is 5.32 Å². The van der Waals surface area contributed by atoms with Gasteiger partial charge in [-0.15, -0.1) is 0 Å². The van der Waals surface area contributed by atoms with Crippen LogP contribution in [0.25, 0.3) is 0 Å². The van der Waals surface area contributed by atoms with Crippen molar-refractivity contribution in [2.75, 3.05) is 6.54 Å². The molecule has 3 aromatic carbocycles. The number of nitrogens with one attached hydrogen (secondary N) is 1. The van der Waals surface area contributed by atoms with Gasteiger partial charge in [0.2, 0.25) is 5.91 Å². The monoisotopic (exact) mass is 357 g/mol. The van der Waals surface area contributed by atoms with Crippen LogP contribution in [0.3, 0.4) is 0 Å². The van der Waals surface area contributed by atoms with Crippen LogP contribution in [-0.2, 0) is 4.79 Å². The summed E-state index contributed by atoms with van der Waals surface area (Å²) in [5, 5.41) is 3.16. The third-order valence-corrected chi connectivity index (χ3v) is 5.06.